The second-order valence-corrected chi connectivity index (χ2v) is 6.76. The second-order valence-electron chi connectivity index (χ2n) is 4.84. The molecule has 0 aromatic heterocycles. The average Bonchev–Trinajstić information content (AvgIpc) is 2.32. The van der Waals surface area contributed by atoms with Crippen molar-refractivity contribution in [2.24, 2.45) is 0 Å². The lowest BCUT2D eigenvalue weighted by Gasteiger charge is -2.13. The van der Waals surface area contributed by atoms with Gasteiger partial charge in [-0.1, -0.05) is 74.5 Å². The van der Waals surface area contributed by atoms with Gasteiger partial charge in [0.2, 0.25) is 0 Å². The van der Waals surface area contributed by atoms with E-state index in [0.717, 1.165) is 6.42 Å². The Kier molecular flexibility index (Phi) is 4.94. The summed E-state index contributed by atoms with van der Waals surface area (Å²) in [5, 5.41) is 1.21. The highest BCUT2D eigenvalue weighted by molar-refractivity contribution is 9.09. The van der Waals surface area contributed by atoms with E-state index in [2.05, 4.69) is 48.0 Å². The van der Waals surface area contributed by atoms with Crippen LogP contribution in [-0.4, -0.2) is 0 Å². The largest absolute Gasteiger partial charge is 0.0835 e. The van der Waals surface area contributed by atoms with E-state index in [0.29, 0.717) is 10.0 Å². The number of hydrogen-bond acceptors (Lipinski definition) is 0. The van der Waals surface area contributed by atoms with Gasteiger partial charge in [0.15, 0.2) is 0 Å². The molecule has 0 nitrogen and oxygen atoms in total. The summed E-state index contributed by atoms with van der Waals surface area (Å²) in [6, 6.07) is 12.4. The Bertz CT molecular complexity index is 573. The average molecular weight is 358 g/mol. The van der Waals surface area contributed by atoms with Crippen molar-refractivity contribution in [2.75, 3.05) is 0 Å². The maximum Gasteiger partial charge on any atom is 0.0595 e. The predicted octanol–water partition coefficient (Wildman–Crippen LogP) is 6.29. The van der Waals surface area contributed by atoms with Crippen molar-refractivity contribution in [3.63, 3.8) is 0 Å². The lowest BCUT2D eigenvalue weighted by Crippen LogP contribution is -1.97. The molecule has 2 aromatic carbocycles. The summed E-state index contributed by atoms with van der Waals surface area (Å²) in [5.74, 6) is 0. The molecule has 0 spiro atoms. The van der Waals surface area contributed by atoms with Gasteiger partial charge < -0.3 is 0 Å². The number of alkyl halides is 1. The Hall–Kier alpha value is -0.500. The highest BCUT2D eigenvalue weighted by atomic mass is 79.9. The molecule has 0 radical (unpaired) electrons. The maximum absolute atomic E-state index is 6.05. The quantitative estimate of drug-likeness (QED) is 0.566. The Morgan fingerprint density at radius 1 is 0.947 bits per heavy atom. The zero-order valence-corrected chi connectivity index (χ0v) is 14.0. The predicted molar refractivity (Wildman–Crippen MR) is 87.8 cm³/mol. The van der Waals surface area contributed by atoms with Crippen LogP contribution in [0.3, 0.4) is 0 Å². The van der Waals surface area contributed by atoms with E-state index in [1.54, 1.807) is 0 Å². The minimum absolute atomic E-state index is 0.281. The van der Waals surface area contributed by atoms with E-state index in [9.17, 15) is 0 Å². The Morgan fingerprint density at radius 2 is 1.58 bits per heavy atom. The van der Waals surface area contributed by atoms with Crippen molar-refractivity contribution in [3.05, 3.63) is 68.7 Å². The number of aryl methyl sites for hydroxylation is 2. The topological polar surface area (TPSA) is 0 Å². The van der Waals surface area contributed by atoms with Crippen LogP contribution in [-0.2, 0) is 6.42 Å². The third-order valence-electron chi connectivity index (χ3n) is 3.00. The van der Waals surface area contributed by atoms with Crippen LogP contribution in [0.1, 0.15) is 27.1 Å². The van der Waals surface area contributed by atoms with Crippen LogP contribution in [0.15, 0.2) is 36.4 Å². The molecule has 2 rings (SSSR count). The third kappa shape index (κ3) is 3.98. The van der Waals surface area contributed by atoms with Crippen LogP contribution in [0.25, 0.3) is 0 Å². The van der Waals surface area contributed by atoms with Gasteiger partial charge in [-0.15, -0.1) is 0 Å². The zero-order valence-electron chi connectivity index (χ0n) is 10.9. The highest BCUT2D eigenvalue weighted by Gasteiger charge is 2.10. The Labute approximate surface area is 132 Å². The van der Waals surface area contributed by atoms with Crippen LogP contribution in [0, 0.1) is 13.8 Å². The molecular formula is C16H15BrCl2. The van der Waals surface area contributed by atoms with E-state index in [4.69, 9.17) is 23.2 Å². The monoisotopic (exact) mass is 356 g/mol. The summed E-state index contributed by atoms with van der Waals surface area (Å²) in [4.78, 5) is 0.281. The van der Waals surface area contributed by atoms with Gasteiger partial charge in [0.05, 0.1) is 10.0 Å². The summed E-state index contributed by atoms with van der Waals surface area (Å²) in [6.45, 7) is 4.24. The lowest BCUT2D eigenvalue weighted by molar-refractivity contribution is 0.944. The van der Waals surface area contributed by atoms with Crippen molar-refractivity contribution in [2.45, 2.75) is 25.1 Å². The molecule has 0 aliphatic carbocycles. The van der Waals surface area contributed by atoms with Crippen molar-refractivity contribution < 1.29 is 0 Å². The minimum Gasteiger partial charge on any atom is -0.0835 e. The molecule has 0 fully saturated rings. The summed E-state index contributed by atoms with van der Waals surface area (Å²) >= 11 is 15.7. The second kappa shape index (κ2) is 6.30. The van der Waals surface area contributed by atoms with Crippen LogP contribution < -0.4 is 0 Å². The SMILES string of the molecule is Cc1cc(C)cc(C(Br)Cc2ccc(Cl)c(Cl)c2)c1. The molecule has 0 aliphatic rings. The number of hydrogen-bond donors (Lipinski definition) is 0. The molecule has 19 heavy (non-hydrogen) atoms. The molecular weight excluding hydrogens is 343 g/mol. The first-order valence-corrected chi connectivity index (χ1v) is 7.79. The molecule has 0 amide bonds. The van der Waals surface area contributed by atoms with Gasteiger partial charge in [-0.05, 0) is 43.5 Å². The third-order valence-corrected chi connectivity index (χ3v) is 4.60. The number of benzene rings is 2. The molecule has 2 aromatic rings. The van der Waals surface area contributed by atoms with Crippen molar-refractivity contribution in [1.29, 1.82) is 0 Å². The van der Waals surface area contributed by atoms with Crippen LogP contribution in [0.4, 0.5) is 0 Å². The summed E-state index contributed by atoms with van der Waals surface area (Å²) < 4.78 is 0. The molecule has 3 heteroatoms. The molecule has 0 N–H and O–H groups in total. The Balaban J connectivity index is 2.20. The first-order chi connectivity index (χ1) is 8.95. The molecule has 0 bridgehead atoms. The van der Waals surface area contributed by atoms with E-state index >= 15 is 0 Å². The van der Waals surface area contributed by atoms with Gasteiger partial charge in [0.25, 0.3) is 0 Å². The van der Waals surface area contributed by atoms with Gasteiger partial charge in [-0.3, -0.25) is 0 Å². The lowest BCUT2D eigenvalue weighted by atomic mass is 10.0. The normalized spacial score (nSPS) is 12.5. The molecule has 0 saturated heterocycles. The standard InChI is InChI=1S/C16H15BrCl2/c1-10-5-11(2)7-13(6-10)14(17)8-12-3-4-15(18)16(19)9-12/h3-7,9,14H,8H2,1-2H3. The first kappa shape index (κ1) is 14.9. The van der Waals surface area contributed by atoms with Gasteiger partial charge in [0.1, 0.15) is 0 Å². The van der Waals surface area contributed by atoms with Crippen molar-refractivity contribution in [1.82, 2.24) is 0 Å². The fourth-order valence-corrected chi connectivity index (χ4v) is 3.14. The minimum atomic E-state index is 0.281. The molecule has 0 heterocycles. The van der Waals surface area contributed by atoms with E-state index < -0.39 is 0 Å². The summed E-state index contributed by atoms with van der Waals surface area (Å²) in [5.41, 5.74) is 5.04. The van der Waals surface area contributed by atoms with Gasteiger partial charge in [-0.25, -0.2) is 0 Å². The van der Waals surface area contributed by atoms with Crippen molar-refractivity contribution >= 4 is 39.1 Å². The number of halogens is 3. The molecule has 0 saturated carbocycles. The summed E-state index contributed by atoms with van der Waals surface area (Å²) in [7, 11) is 0. The van der Waals surface area contributed by atoms with Crippen LogP contribution in [0.2, 0.25) is 10.0 Å². The fourth-order valence-electron chi connectivity index (χ4n) is 2.18. The fraction of sp³-hybridized carbons (Fsp3) is 0.250. The molecule has 1 unspecified atom stereocenters. The molecule has 100 valence electrons. The highest BCUT2D eigenvalue weighted by Crippen LogP contribution is 2.31. The van der Waals surface area contributed by atoms with E-state index in [1.807, 2.05) is 18.2 Å². The van der Waals surface area contributed by atoms with Crippen LogP contribution in [0.5, 0.6) is 0 Å². The molecule has 1 atom stereocenters. The smallest absolute Gasteiger partial charge is 0.0595 e. The van der Waals surface area contributed by atoms with Crippen molar-refractivity contribution in [3.8, 4) is 0 Å². The summed E-state index contributed by atoms with van der Waals surface area (Å²) in [6.07, 6.45) is 0.889. The Morgan fingerprint density at radius 3 is 2.16 bits per heavy atom. The molecule has 0 aliphatic heterocycles. The van der Waals surface area contributed by atoms with Crippen LogP contribution >= 0.6 is 39.1 Å². The van der Waals surface area contributed by atoms with E-state index in [-0.39, 0.29) is 4.83 Å². The van der Waals surface area contributed by atoms with Gasteiger partial charge >= 0.3 is 0 Å². The first-order valence-electron chi connectivity index (χ1n) is 6.12. The number of rotatable bonds is 3. The zero-order chi connectivity index (χ0) is 14.0. The van der Waals surface area contributed by atoms with E-state index in [1.165, 1.54) is 22.3 Å². The van der Waals surface area contributed by atoms with Gasteiger partial charge in [-0.2, -0.15) is 0 Å². The maximum atomic E-state index is 6.05. The van der Waals surface area contributed by atoms with Gasteiger partial charge in [0, 0.05) is 4.83 Å².